The largest absolute Gasteiger partial charge is 0.466 e. The van der Waals surface area contributed by atoms with Crippen LogP contribution in [0.15, 0.2) is 0 Å². The lowest BCUT2D eigenvalue weighted by atomic mass is 10.2. The SMILES string of the molecule is CCOOC(=O)CCCCC(=O)OCC. The molecule has 0 spiro atoms. The van der Waals surface area contributed by atoms with Crippen LogP contribution in [0.25, 0.3) is 0 Å². The highest BCUT2D eigenvalue weighted by Crippen LogP contribution is 2.02. The van der Waals surface area contributed by atoms with Crippen molar-refractivity contribution >= 4 is 11.9 Å². The van der Waals surface area contributed by atoms with Crippen LogP contribution in [0, 0.1) is 0 Å². The number of hydrogen-bond donors (Lipinski definition) is 0. The second-order valence-electron chi connectivity index (χ2n) is 2.87. The standard InChI is InChI=1S/C10H18O5/c1-3-13-9(11)7-5-6-8-10(12)15-14-4-2/h3-8H2,1-2H3. The Morgan fingerprint density at radius 2 is 1.53 bits per heavy atom. The van der Waals surface area contributed by atoms with Crippen LogP contribution < -0.4 is 0 Å². The Balaban J connectivity index is 3.30. The number of ether oxygens (including phenoxy) is 1. The molecule has 0 aromatic rings. The van der Waals surface area contributed by atoms with E-state index in [0.29, 0.717) is 32.5 Å². The maximum atomic E-state index is 10.9. The molecule has 0 aliphatic rings. The predicted octanol–water partition coefficient (Wildman–Crippen LogP) is 1.60. The fourth-order valence-electron chi connectivity index (χ4n) is 0.938. The average Bonchev–Trinajstić information content (AvgIpc) is 2.22. The van der Waals surface area contributed by atoms with E-state index in [4.69, 9.17) is 4.74 Å². The molecule has 5 nitrogen and oxygen atoms in total. The minimum Gasteiger partial charge on any atom is -0.466 e. The number of hydrogen-bond acceptors (Lipinski definition) is 5. The van der Waals surface area contributed by atoms with Crippen LogP contribution in [0.5, 0.6) is 0 Å². The Labute approximate surface area is 89.6 Å². The van der Waals surface area contributed by atoms with Gasteiger partial charge in [0.05, 0.1) is 13.2 Å². The summed E-state index contributed by atoms with van der Waals surface area (Å²) in [4.78, 5) is 30.7. The Morgan fingerprint density at radius 1 is 0.933 bits per heavy atom. The van der Waals surface area contributed by atoms with E-state index in [9.17, 15) is 9.59 Å². The Hall–Kier alpha value is -1.10. The molecule has 0 unspecified atom stereocenters. The number of carbonyl (C=O) groups is 2. The number of esters is 1. The summed E-state index contributed by atoms with van der Waals surface area (Å²) in [5.74, 6) is -0.628. The summed E-state index contributed by atoms with van der Waals surface area (Å²) in [5.41, 5.74) is 0. The van der Waals surface area contributed by atoms with E-state index in [1.54, 1.807) is 13.8 Å². The van der Waals surface area contributed by atoms with Crippen molar-refractivity contribution < 1.29 is 24.1 Å². The molecule has 0 aliphatic carbocycles. The van der Waals surface area contributed by atoms with Crippen molar-refractivity contribution in [2.45, 2.75) is 39.5 Å². The summed E-state index contributed by atoms with van der Waals surface area (Å²) >= 11 is 0. The molecule has 0 radical (unpaired) electrons. The van der Waals surface area contributed by atoms with E-state index < -0.39 is 5.97 Å². The van der Waals surface area contributed by atoms with Gasteiger partial charge in [0.25, 0.3) is 0 Å². The maximum absolute atomic E-state index is 10.9. The van der Waals surface area contributed by atoms with Gasteiger partial charge in [0.2, 0.25) is 0 Å². The highest BCUT2D eigenvalue weighted by Gasteiger charge is 2.05. The lowest BCUT2D eigenvalue weighted by Crippen LogP contribution is -2.06. The summed E-state index contributed by atoms with van der Waals surface area (Å²) in [6.45, 7) is 4.23. The third-order valence-electron chi connectivity index (χ3n) is 1.59. The topological polar surface area (TPSA) is 61.8 Å². The van der Waals surface area contributed by atoms with E-state index in [1.165, 1.54) is 0 Å². The third kappa shape index (κ3) is 9.21. The molecule has 15 heavy (non-hydrogen) atoms. The molecular formula is C10H18O5. The molecule has 5 heteroatoms. The molecule has 0 aromatic heterocycles. The van der Waals surface area contributed by atoms with Crippen molar-refractivity contribution in [3.05, 3.63) is 0 Å². The zero-order valence-electron chi connectivity index (χ0n) is 9.28. The summed E-state index contributed by atoms with van der Waals surface area (Å²) in [6, 6.07) is 0. The van der Waals surface area contributed by atoms with Crippen molar-refractivity contribution in [2.75, 3.05) is 13.2 Å². The molecule has 0 fully saturated rings. The monoisotopic (exact) mass is 218 g/mol. The van der Waals surface area contributed by atoms with E-state index in [-0.39, 0.29) is 12.4 Å². The van der Waals surface area contributed by atoms with Gasteiger partial charge in [0, 0.05) is 12.8 Å². The van der Waals surface area contributed by atoms with Gasteiger partial charge in [-0.05, 0) is 26.7 Å². The van der Waals surface area contributed by atoms with E-state index in [2.05, 4.69) is 9.78 Å². The van der Waals surface area contributed by atoms with Gasteiger partial charge < -0.3 is 4.74 Å². The van der Waals surface area contributed by atoms with Gasteiger partial charge in [-0.25, -0.2) is 4.79 Å². The van der Waals surface area contributed by atoms with Crippen LogP contribution in [0.3, 0.4) is 0 Å². The molecular weight excluding hydrogens is 200 g/mol. The van der Waals surface area contributed by atoms with Crippen LogP contribution in [0.2, 0.25) is 0 Å². The lowest BCUT2D eigenvalue weighted by molar-refractivity contribution is -0.269. The first-order valence-corrected chi connectivity index (χ1v) is 5.18. The Morgan fingerprint density at radius 3 is 2.07 bits per heavy atom. The normalized spacial score (nSPS) is 9.73. The molecule has 0 bridgehead atoms. The first kappa shape index (κ1) is 13.9. The van der Waals surface area contributed by atoms with Gasteiger partial charge in [-0.2, -0.15) is 4.89 Å². The average molecular weight is 218 g/mol. The molecule has 88 valence electrons. The molecule has 0 aromatic carbocycles. The van der Waals surface area contributed by atoms with Gasteiger partial charge in [-0.1, -0.05) is 0 Å². The summed E-state index contributed by atoms with van der Waals surface area (Å²) in [6.07, 6.45) is 1.83. The van der Waals surface area contributed by atoms with Crippen molar-refractivity contribution in [3.8, 4) is 0 Å². The number of carbonyl (C=O) groups excluding carboxylic acids is 2. The van der Waals surface area contributed by atoms with Crippen molar-refractivity contribution in [3.63, 3.8) is 0 Å². The molecule has 0 heterocycles. The van der Waals surface area contributed by atoms with Crippen molar-refractivity contribution in [1.82, 2.24) is 0 Å². The van der Waals surface area contributed by atoms with Crippen LogP contribution >= 0.6 is 0 Å². The van der Waals surface area contributed by atoms with Crippen LogP contribution in [0.1, 0.15) is 39.5 Å². The zero-order chi connectivity index (χ0) is 11.5. The summed E-state index contributed by atoms with van der Waals surface area (Å²) in [7, 11) is 0. The Bertz CT molecular complexity index is 190. The highest BCUT2D eigenvalue weighted by molar-refractivity contribution is 5.70. The number of unbranched alkanes of at least 4 members (excludes halogenated alkanes) is 1. The Kier molecular flexibility index (Phi) is 8.76. The van der Waals surface area contributed by atoms with E-state index in [1.807, 2.05) is 0 Å². The smallest absolute Gasteiger partial charge is 0.342 e. The van der Waals surface area contributed by atoms with Gasteiger partial charge >= 0.3 is 11.9 Å². The third-order valence-corrected chi connectivity index (χ3v) is 1.59. The van der Waals surface area contributed by atoms with Gasteiger partial charge in [-0.15, -0.1) is 0 Å². The molecule has 0 amide bonds. The highest BCUT2D eigenvalue weighted by atomic mass is 17.2. The van der Waals surface area contributed by atoms with Crippen LogP contribution in [-0.2, 0) is 24.1 Å². The van der Waals surface area contributed by atoms with Crippen molar-refractivity contribution in [1.29, 1.82) is 0 Å². The molecule has 0 atom stereocenters. The predicted molar refractivity (Wildman–Crippen MR) is 52.8 cm³/mol. The zero-order valence-corrected chi connectivity index (χ0v) is 9.28. The van der Waals surface area contributed by atoms with Crippen LogP contribution in [0.4, 0.5) is 0 Å². The summed E-state index contributed by atoms with van der Waals surface area (Å²) < 4.78 is 4.73. The first-order chi connectivity index (χ1) is 7.20. The molecule has 0 saturated carbocycles. The lowest BCUT2D eigenvalue weighted by Gasteiger charge is -2.02. The van der Waals surface area contributed by atoms with Gasteiger partial charge in [-0.3, -0.25) is 9.68 Å². The molecule has 0 N–H and O–H groups in total. The minimum absolute atomic E-state index is 0.226. The number of rotatable bonds is 8. The molecule has 0 aliphatic heterocycles. The quantitative estimate of drug-likeness (QED) is 0.268. The van der Waals surface area contributed by atoms with Gasteiger partial charge in [0.15, 0.2) is 0 Å². The maximum Gasteiger partial charge on any atom is 0.342 e. The van der Waals surface area contributed by atoms with Crippen molar-refractivity contribution in [2.24, 2.45) is 0 Å². The second-order valence-corrected chi connectivity index (χ2v) is 2.87. The second kappa shape index (κ2) is 9.45. The van der Waals surface area contributed by atoms with Crippen LogP contribution in [-0.4, -0.2) is 25.2 Å². The molecule has 0 rings (SSSR count). The fourth-order valence-corrected chi connectivity index (χ4v) is 0.938. The first-order valence-electron chi connectivity index (χ1n) is 5.18. The summed E-state index contributed by atoms with van der Waals surface area (Å²) in [5, 5.41) is 0. The fraction of sp³-hybridized carbons (Fsp3) is 0.800. The van der Waals surface area contributed by atoms with Gasteiger partial charge in [0.1, 0.15) is 0 Å². The van der Waals surface area contributed by atoms with E-state index in [0.717, 1.165) is 0 Å². The van der Waals surface area contributed by atoms with E-state index >= 15 is 0 Å². The minimum atomic E-state index is -0.402. The molecule has 0 saturated heterocycles.